The molecule has 32 heteroatoms. The number of halogens is 2. The minimum atomic E-state index is -0.682. The van der Waals surface area contributed by atoms with Crippen LogP contribution in [0.1, 0.15) is 168 Å². The molecule has 10 aromatic rings. The van der Waals surface area contributed by atoms with E-state index in [4.69, 9.17) is 35.3 Å². The summed E-state index contributed by atoms with van der Waals surface area (Å²) in [7, 11) is 18.1. The van der Waals surface area contributed by atoms with E-state index < -0.39 is 11.7 Å². The highest BCUT2D eigenvalue weighted by atomic mass is 35.5. The second-order valence-corrected chi connectivity index (χ2v) is 37.6. The number of hydrogen-bond acceptors (Lipinski definition) is 25. The van der Waals surface area contributed by atoms with Gasteiger partial charge in [-0.3, -0.25) is 47.9 Å². The van der Waals surface area contributed by atoms with Crippen LogP contribution in [0.4, 0.5) is 32.8 Å². The van der Waals surface area contributed by atoms with Crippen LogP contribution in [0.2, 0.25) is 5.02 Å². The van der Waals surface area contributed by atoms with Gasteiger partial charge in [0.05, 0.1) is 80.7 Å². The number of carbonyl (C=O) groups excluding carboxylic acids is 10. The summed E-state index contributed by atoms with van der Waals surface area (Å²) in [5.74, 6) is -0.425. The van der Waals surface area contributed by atoms with Gasteiger partial charge in [0.2, 0.25) is 5.75 Å². The number of nitrogens with one attached hydrogen (secondary N) is 5. The maximum atomic E-state index is 14.2. The molecule has 15 rings (SSSR count). The van der Waals surface area contributed by atoms with Gasteiger partial charge in [-0.1, -0.05) is 103 Å². The van der Waals surface area contributed by atoms with E-state index in [-0.39, 0.29) is 93.0 Å². The molecule has 0 aliphatic carbocycles. The lowest BCUT2D eigenvalue weighted by Gasteiger charge is -2.32. The van der Waals surface area contributed by atoms with Gasteiger partial charge in [0, 0.05) is 213 Å². The molecule has 0 bridgehead atoms. The van der Waals surface area contributed by atoms with Gasteiger partial charge in [0.1, 0.15) is 17.3 Å². The molecule has 147 heavy (non-hydrogen) atoms. The fourth-order valence-electron chi connectivity index (χ4n) is 17.6. The summed E-state index contributed by atoms with van der Waals surface area (Å²) in [4.78, 5) is 151. The summed E-state index contributed by atoms with van der Waals surface area (Å²) in [6.45, 7) is 25.5. The first-order valence-corrected chi connectivity index (χ1v) is 50.9. The third-order valence-corrected chi connectivity index (χ3v) is 26.8. The minimum Gasteiger partial charge on any atom is -0.497 e. The van der Waals surface area contributed by atoms with E-state index in [0.29, 0.717) is 116 Å². The van der Waals surface area contributed by atoms with Crippen LogP contribution in [0.3, 0.4) is 0 Å². The fraction of sp³-hybridized carbons (Fsp3) is 0.391. The summed E-state index contributed by atoms with van der Waals surface area (Å²) >= 11 is 5.87. The average Bonchev–Trinajstić information content (AvgIpc) is 0.776. The Morgan fingerprint density at radius 3 is 0.864 bits per heavy atom. The highest BCUT2D eigenvalue weighted by Crippen LogP contribution is 2.45. The van der Waals surface area contributed by atoms with Gasteiger partial charge in [0.25, 0.3) is 29.5 Å². The van der Waals surface area contributed by atoms with Crippen LogP contribution in [0, 0.1) is 5.82 Å². The van der Waals surface area contributed by atoms with Crippen molar-refractivity contribution in [1.29, 1.82) is 0 Å². The monoisotopic (exact) mass is 2030 g/mol. The number of para-hydroxylation sites is 5. The Hall–Kier alpha value is -13.3. The highest BCUT2D eigenvalue weighted by molar-refractivity contribution is 6.30. The Bertz CT molecular complexity index is 5940. The standard InChI is InChI=1S/C25H32FN3O5.2C23H29N3O3.C22H26ClN3O2.C22H27N3O2/c1-28-12-14-29(15-13-28)11-7-10-20(30)22-19(16-21(32-2)23(33-3)24(22)34-4)27-25(31)17-8-5-6-9-18(17)26;1-25-14-16-26(17-15-25)13-7-11-21(27)18-8-3-5-10-20(18)24-23(28)19-9-4-6-12-22(19)29-2;1-25-14-16-26(17-15-25)13-5-8-22(27)20-6-3-4-7-21(20)24-23(28)18-9-11-19(29-2)12-10-18;1-25-13-15-26(16-14-25)12-4-7-21(27)19-5-2-3-6-20(19)24-22(28)17-8-10-18(23)11-9-17;1-24-14-16-25(17-15-24)13-7-12-21(26)19-10-5-6-11-20(19)23-22(27)18-8-3-2-4-9-18/h5-6,8-9,16H,7,10-15H2,1-4H3,(H,27,31);3-6,8-10,12H,7,11,13-17H2,1-2H3,(H,24,28);3-4,6-7,9-12H,5,8,13-17H2,1-2H3,(H,24,28);2-3,5-6,8-11H,4,7,12-16H2,1H3,(H,24,28);2-6,8-11H,7,12-17H2,1H3,(H,23,27). The summed E-state index contributed by atoms with van der Waals surface area (Å²) in [5.41, 5.74) is 6.71. The van der Waals surface area contributed by atoms with Crippen molar-refractivity contribution in [3.05, 3.63) is 297 Å². The molecule has 0 aromatic heterocycles. The molecule has 0 saturated carbocycles. The Balaban J connectivity index is 0.000000175. The number of nitrogens with zero attached hydrogens (tertiary/aromatic N) is 10. The maximum absolute atomic E-state index is 14.2. The number of carbonyl (C=O) groups is 10. The second-order valence-electron chi connectivity index (χ2n) is 37.2. The van der Waals surface area contributed by atoms with E-state index in [1.54, 1.807) is 141 Å². The van der Waals surface area contributed by atoms with Crippen LogP contribution in [0.25, 0.3) is 0 Å². The summed E-state index contributed by atoms with van der Waals surface area (Å²) < 4.78 is 40.9. The van der Waals surface area contributed by atoms with Crippen molar-refractivity contribution >= 4 is 98.5 Å². The largest absolute Gasteiger partial charge is 0.497 e. The molecule has 10 aromatic carbocycles. The quantitative estimate of drug-likeness (QED) is 0.0223. The van der Waals surface area contributed by atoms with Crippen molar-refractivity contribution in [3.63, 3.8) is 0 Å². The number of rotatable bonds is 40. The van der Waals surface area contributed by atoms with Crippen molar-refractivity contribution in [2.45, 2.75) is 64.2 Å². The van der Waals surface area contributed by atoms with Crippen molar-refractivity contribution in [3.8, 4) is 28.7 Å². The Morgan fingerprint density at radius 1 is 0.265 bits per heavy atom. The molecule has 30 nitrogen and oxygen atoms in total. The second kappa shape index (κ2) is 60.1. The van der Waals surface area contributed by atoms with Crippen LogP contribution in [0.5, 0.6) is 28.7 Å². The van der Waals surface area contributed by atoms with Gasteiger partial charge >= 0.3 is 0 Å². The molecular formula is C115H143ClFN15O15. The third kappa shape index (κ3) is 36.1. The van der Waals surface area contributed by atoms with Gasteiger partial charge in [-0.05, 0) is 234 Å². The van der Waals surface area contributed by atoms with Crippen molar-refractivity contribution in [2.75, 3.05) is 261 Å². The van der Waals surface area contributed by atoms with Crippen LogP contribution in [0.15, 0.2) is 231 Å². The molecule has 0 atom stereocenters. The first-order valence-electron chi connectivity index (χ1n) is 50.5. The first kappa shape index (κ1) is 114. The molecule has 0 radical (unpaired) electrons. The number of anilines is 5. The molecule has 5 amide bonds. The van der Waals surface area contributed by atoms with Gasteiger partial charge in [-0.2, -0.15) is 0 Å². The predicted molar refractivity (Wildman–Crippen MR) is 579 cm³/mol. The summed E-state index contributed by atoms with van der Waals surface area (Å²) in [6.07, 6.45) is 6.11. The van der Waals surface area contributed by atoms with E-state index in [9.17, 15) is 52.3 Å². The molecule has 782 valence electrons. The smallest absolute Gasteiger partial charge is 0.259 e. The number of hydrogen-bond donors (Lipinski definition) is 5. The molecule has 5 aliphatic rings. The zero-order valence-electron chi connectivity index (χ0n) is 86.5. The maximum Gasteiger partial charge on any atom is 0.259 e. The first-order chi connectivity index (χ1) is 71.2. The minimum absolute atomic E-state index is 0.0510. The lowest BCUT2D eigenvalue weighted by atomic mass is 10.0. The van der Waals surface area contributed by atoms with Crippen molar-refractivity contribution in [1.82, 2.24) is 49.0 Å². The van der Waals surface area contributed by atoms with E-state index in [2.05, 4.69) is 111 Å². The molecular weight excluding hydrogens is 1890 g/mol. The van der Waals surface area contributed by atoms with E-state index in [0.717, 1.165) is 189 Å². The Kier molecular flexibility index (Phi) is 46.6. The molecule has 0 spiro atoms. The zero-order valence-corrected chi connectivity index (χ0v) is 87.3. The predicted octanol–water partition coefficient (Wildman–Crippen LogP) is 16.6. The molecule has 5 fully saturated rings. The van der Waals surface area contributed by atoms with Crippen molar-refractivity contribution < 1.29 is 76.0 Å². The van der Waals surface area contributed by atoms with E-state index in [1.165, 1.54) is 52.7 Å². The number of piperazine rings is 5. The van der Waals surface area contributed by atoms with E-state index in [1.807, 2.05) is 72.8 Å². The Morgan fingerprint density at radius 2 is 0.537 bits per heavy atom. The van der Waals surface area contributed by atoms with Crippen LogP contribution in [-0.2, 0) is 0 Å². The number of benzene rings is 10. The third-order valence-electron chi connectivity index (χ3n) is 26.6. The molecule has 5 saturated heterocycles. The van der Waals surface area contributed by atoms with Crippen LogP contribution in [-0.4, -0.2) is 342 Å². The van der Waals surface area contributed by atoms with Gasteiger partial charge in [-0.25, -0.2) is 4.39 Å². The summed E-state index contributed by atoms with van der Waals surface area (Å²) in [6, 6.07) is 65.6. The number of likely N-dealkylation sites (N-methyl/N-ethyl adjacent to an activating group) is 5. The average molecular weight is 2030 g/mol. The SMILES string of the molecule is CN1CCN(CCCC(=O)c2ccccc2NC(=O)c2ccc(Cl)cc2)CC1.CN1CCN(CCCC(=O)c2ccccc2NC(=O)c2ccccc2)CC1.COc1cc(NC(=O)c2ccccc2F)c(C(=O)CCCN2CCN(C)CC2)c(OC)c1OC.COc1ccc(C(=O)Nc2ccccc2C(=O)CCCN2CCN(C)CC2)cc1.COc1ccccc1C(=O)Nc1ccccc1C(=O)CCCN1CCN(C)CC1. The molecule has 5 aliphatic heterocycles. The lowest BCUT2D eigenvalue weighted by molar-refractivity contribution is 0.0956. The lowest BCUT2D eigenvalue weighted by Crippen LogP contribution is -2.44. The molecule has 5 N–H and O–H groups in total. The Labute approximate surface area is 869 Å². The van der Waals surface area contributed by atoms with Crippen LogP contribution >= 0.6 is 11.6 Å². The number of amides is 5. The number of ketones is 5. The topological polar surface area (TPSA) is 309 Å². The molecule has 0 unspecified atom stereocenters. The van der Waals surface area contributed by atoms with Gasteiger partial charge < -0.3 is 99.3 Å². The van der Waals surface area contributed by atoms with Gasteiger partial charge in [0.15, 0.2) is 40.4 Å². The normalized spacial score (nSPS) is 15.1. The van der Waals surface area contributed by atoms with Crippen molar-refractivity contribution in [2.24, 2.45) is 0 Å². The molecule has 5 heterocycles. The highest BCUT2D eigenvalue weighted by Gasteiger charge is 2.30. The number of methoxy groups -OCH3 is 5. The van der Waals surface area contributed by atoms with E-state index >= 15 is 0 Å². The number of Topliss-reactive ketones (excluding diaryl/α,β-unsaturated/α-hetero) is 5. The number of ether oxygens (including phenoxy) is 5. The van der Waals surface area contributed by atoms with Gasteiger partial charge in [-0.15, -0.1) is 0 Å². The fourth-order valence-corrected chi connectivity index (χ4v) is 17.7. The zero-order chi connectivity index (χ0) is 105. The summed E-state index contributed by atoms with van der Waals surface area (Å²) in [5, 5.41) is 14.7. The van der Waals surface area contributed by atoms with Crippen LogP contribution < -0.4 is 50.3 Å².